The lowest BCUT2D eigenvalue weighted by Gasteiger charge is -2.17. The van der Waals surface area contributed by atoms with Gasteiger partial charge in [0, 0.05) is 36.0 Å². The summed E-state index contributed by atoms with van der Waals surface area (Å²) in [5.74, 6) is 0.179. The van der Waals surface area contributed by atoms with Gasteiger partial charge in [0.2, 0.25) is 5.91 Å². The molecule has 0 radical (unpaired) electrons. The standard InChI is InChI=1S/C22H26N2O/c1-2-3-9-14-23-22(25)15-19(17-10-5-4-6-11-17)20-16-24-21-13-8-7-12-18(20)21/h4-8,10-13,16,19,24H,2-3,9,14-15H2,1H3,(H,23,25). The van der Waals surface area contributed by atoms with Gasteiger partial charge in [0.05, 0.1) is 0 Å². The van der Waals surface area contributed by atoms with E-state index in [-0.39, 0.29) is 11.8 Å². The highest BCUT2D eigenvalue weighted by Gasteiger charge is 2.21. The molecule has 3 heteroatoms. The Morgan fingerprint density at radius 2 is 1.80 bits per heavy atom. The molecule has 1 aromatic heterocycles. The number of hydrogen-bond donors (Lipinski definition) is 2. The van der Waals surface area contributed by atoms with Crippen molar-refractivity contribution in [2.45, 2.75) is 38.5 Å². The minimum absolute atomic E-state index is 0.0588. The van der Waals surface area contributed by atoms with E-state index in [0.717, 1.165) is 31.3 Å². The van der Waals surface area contributed by atoms with E-state index < -0.39 is 0 Å². The van der Waals surface area contributed by atoms with Gasteiger partial charge in [-0.15, -0.1) is 0 Å². The van der Waals surface area contributed by atoms with Crippen LogP contribution in [-0.4, -0.2) is 17.4 Å². The number of rotatable bonds is 8. The van der Waals surface area contributed by atoms with Gasteiger partial charge in [-0.25, -0.2) is 0 Å². The fraction of sp³-hybridized carbons (Fsp3) is 0.318. The highest BCUT2D eigenvalue weighted by atomic mass is 16.1. The van der Waals surface area contributed by atoms with Crippen LogP contribution in [0.4, 0.5) is 0 Å². The average Bonchev–Trinajstić information content (AvgIpc) is 3.08. The van der Waals surface area contributed by atoms with Crippen LogP contribution in [0, 0.1) is 0 Å². The first-order chi connectivity index (χ1) is 12.3. The van der Waals surface area contributed by atoms with Crippen LogP contribution in [0.1, 0.15) is 49.7 Å². The number of aromatic nitrogens is 1. The molecule has 0 spiro atoms. The minimum atomic E-state index is 0.0588. The molecule has 0 aliphatic heterocycles. The van der Waals surface area contributed by atoms with E-state index in [4.69, 9.17) is 0 Å². The number of amides is 1. The van der Waals surface area contributed by atoms with Gasteiger partial charge in [0.25, 0.3) is 0 Å². The van der Waals surface area contributed by atoms with Crippen LogP contribution in [0.25, 0.3) is 10.9 Å². The number of unbranched alkanes of at least 4 members (excludes halogenated alkanes) is 2. The Morgan fingerprint density at radius 3 is 2.60 bits per heavy atom. The summed E-state index contributed by atoms with van der Waals surface area (Å²) in [7, 11) is 0. The topological polar surface area (TPSA) is 44.9 Å². The van der Waals surface area contributed by atoms with Crippen LogP contribution in [0.3, 0.4) is 0 Å². The Morgan fingerprint density at radius 1 is 1.04 bits per heavy atom. The quantitative estimate of drug-likeness (QED) is 0.560. The maximum atomic E-state index is 12.5. The summed E-state index contributed by atoms with van der Waals surface area (Å²) in [6, 6.07) is 18.6. The molecule has 0 bridgehead atoms. The van der Waals surface area contributed by atoms with Crippen molar-refractivity contribution in [2.24, 2.45) is 0 Å². The summed E-state index contributed by atoms with van der Waals surface area (Å²) in [5, 5.41) is 4.27. The van der Waals surface area contributed by atoms with E-state index in [2.05, 4.69) is 41.5 Å². The van der Waals surface area contributed by atoms with E-state index >= 15 is 0 Å². The van der Waals surface area contributed by atoms with Crippen LogP contribution in [0.2, 0.25) is 0 Å². The summed E-state index contributed by atoms with van der Waals surface area (Å²) in [6.07, 6.45) is 5.89. The maximum absolute atomic E-state index is 12.5. The number of benzene rings is 2. The van der Waals surface area contributed by atoms with Gasteiger partial charge in [-0.1, -0.05) is 68.3 Å². The van der Waals surface area contributed by atoms with Crippen molar-refractivity contribution in [1.29, 1.82) is 0 Å². The van der Waals surface area contributed by atoms with Crippen LogP contribution in [-0.2, 0) is 4.79 Å². The third-order valence-electron chi connectivity index (χ3n) is 4.69. The van der Waals surface area contributed by atoms with Crippen molar-refractivity contribution in [3.8, 4) is 0 Å². The van der Waals surface area contributed by atoms with Crippen molar-refractivity contribution in [2.75, 3.05) is 6.54 Å². The lowest BCUT2D eigenvalue weighted by Crippen LogP contribution is -2.26. The molecule has 0 saturated heterocycles. The van der Waals surface area contributed by atoms with Crippen LogP contribution in [0.5, 0.6) is 0 Å². The Kier molecular flexibility index (Phi) is 5.89. The van der Waals surface area contributed by atoms with E-state index in [1.165, 1.54) is 16.5 Å². The third-order valence-corrected chi connectivity index (χ3v) is 4.69. The zero-order valence-electron chi connectivity index (χ0n) is 14.8. The van der Waals surface area contributed by atoms with Crippen LogP contribution < -0.4 is 5.32 Å². The van der Waals surface area contributed by atoms with Crippen molar-refractivity contribution < 1.29 is 4.79 Å². The van der Waals surface area contributed by atoms with Gasteiger partial charge in [0.1, 0.15) is 0 Å². The third kappa shape index (κ3) is 4.30. The number of carbonyl (C=O) groups excluding carboxylic acids is 1. The largest absolute Gasteiger partial charge is 0.361 e. The number of hydrogen-bond acceptors (Lipinski definition) is 1. The molecule has 2 aromatic carbocycles. The zero-order valence-corrected chi connectivity index (χ0v) is 14.8. The first-order valence-electron chi connectivity index (χ1n) is 9.17. The Labute approximate surface area is 149 Å². The second kappa shape index (κ2) is 8.52. The van der Waals surface area contributed by atoms with Gasteiger partial charge in [-0.2, -0.15) is 0 Å². The Bertz CT molecular complexity index is 807. The molecular weight excluding hydrogens is 308 g/mol. The highest BCUT2D eigenvalue weighted by molar-refractivity contribution is 5.86. The van der Waals surface area contributed by atoms with E-state index in [9.17, 15) is 4.79 Å². The molecule has 1 atom stereocenters. The number of nitrogens with one attached hydrogen (secondary N) is 2. The molecule has 3 nitrogen and oxygen atoms in total. The van der Waals surface area contributed by atoms with Crippen LogP contribution in [0.15, 0.2) is 60.8 Å². The summed E-state index contributed by atoms with van der Waals surface area (Å²) in [6.45, 7) is 2.94. The van der Waals surface area contributed by atoms with E-state index in [1.54, 1.807) is 0 Å². The number of para-hydroxylation sites is 1. The fourth-order valence-corrected chi connectivity index (χ4v) is 3.34. The summed E-state index contributed by atoms with van der Waals surface area (Å²) in [5.41, 5.74) is 3.48. The fourth-order valence-electron chi connectivity index (χ4n) is 3.34. The summed E-state index contributed by atoms with van der Waals surface area (Å²) in [4.78, 5) is 15.8. The van der Waals surface area contributed by atoms with Crippen molar-refractivity contribution >= 4 is 16.8 Å². The smallest absolute Gasteiger partial charge is 0.220 e. The molecular formula is C22H26N2O. The van der Waals surface area contributed by atoms with Gasteiger partial charge >= 0.3 is 0 Å². The van der Waals surface area contributed by atoms with E-state index in [0.29, 0.717) is 6.42 Å². The van der Waals surface area contributed by atoms with Gasteiger partial charge in [-0.05, 0) is 23.6 Å². The lowest BCUT2D eigenvalue weighted by molar-refractivity contribution is -0.121. The molecule has 1 unspecified atom stereocenters. The number of H-pyrrole nitrogens is 1. The molecule has 0 fully saturated rings. The first-order valence-corrected chi connectivity index (χ1v) is 9.17. The SMILES string of the molecule is CCCCCNC(=O)CC(c1ccccc1)c1c[nH]c2ccccc12. The number of fused-ring (bicyclic) bond motifs is 1. The molecule has 3 aromatic rings. The normalized spacial score (nSPS) is 12.2. The summed E-state index contributed by atoms with van der Waals surface area (Å²) >= 11 is 0. The highest BCUT2D eigenvalue weighted by Crippen LogP contribution is 2.33. The predicted molar refractivity (Wildman–Crippen MR) is 104 cm³/mol. The van der Waals surface area contributed by atoms with Crippen LogP contribution >= 0.6 is 0 Å². The molecule has 2 N–H and O–H groups in total. The molecule has 1 amide bonds. The van der Waals surface area contributed by atoms with Gasteiger partial charge in [0.15, 0.2) is 0 Å². The number of aromatic amines is 1. The second-order valence-electron chi connectivity index (χ2n) is 6.51. The van der Waals surface area contributed by atoms with Crippen molar-refractivity contribution in [3.05, 3.63) is 71.9 Å². The monoisotopic (exact) mass is 334 g/mol. The number of carbonyl (C=O) groups is 1. The molecule has 3 rings (SSSR count). The molecule has 130 valence electrons. The minimum Gasteiger partial charge on any atom is -0.361 e. The lowest BCUT2D eigenvalue weighted by atomic mass is 9.88. The first kappa shape index (κ1) is 17.3. The molecule has 0 aliphatic rings. The summed E-state index contributed by atoms with van der Waals surface area (Å²) < 4.78 is 0. The Balaban J connectivity index is 1.83. The van der Waals surface area contributed by atoms with Crippen molar-refractivity contribution in [1.82, 2.24) is 10.3 Å². The molecule has 25 heavy (non-hydrogen) atoms. The van der Waals surface area contributed by atoms with Gasteiger partial charge < -0.3 is 10.3 Å². The van der Waals surface area contributed by atoms with Gasteiger partial charge in [-0.3, -0.25) is 4.79 Å². The maximum Gasteiger partial charge on any atom is 0.220 e. The Hall–Kier alpha value is -2.55. The predicted octanol–water partition coefficient (Wildman–Crippen LogP) is 5.00. The van der Waals surface area contributed by atoms with E-state index in [1.807, 2.05) is 36.5 Å². The zero-order chi connectivity index (χ0) is 17.5. The van der Waals surface area contributed by atoms with Crippen molar-refractivity contribution in [3.63, 3.8) is 0 Å². The second-order valence-corrected chi connectivity index (χ2v) is 6.51. The average molecular weight is 334 g/mol. The molecule has 0 aliphatic carbocycles. The molecule has 1 heterocycles. The molecule has 0 saturated carbocycles.